The van der Waals surface area contributed by atoms with Crippen LogP contribution >= 0.6 is 23.2 Å². The summed E-state index contributed by atoms with van der Waals surface area (Å²) in [7, 11) is 0. The molecule has 2 aromatic rings. The molecule has 0 amide bonds. The Labute approximate surface area is 174 Å². The number of halogens is 2. The van der Waals surface area contributed by atoms with Gasteiger partial charge in [-0.05, 0) is 41.7 Å². The predicted octanol–water partition coefficient (Wildman–Crippen LogP) is 6.18. The van der Waals surface area contributed by atoms with Crippen LogP contribution in [-0.2, 0) is 9.53 Å². The Balaban J connectivity index is 1.72. The van der Waals surface area contributed by atoms with E-state index < -0.39 is 12.1 Å². The van der Waals surface area contributed by atoms with Crippen molar-refractivity contribution in [2.45, 2.75) is 20.0 Å². The minimum absolute atomic E-state index is 0.114. The Kier molecular flexibility index (Phi) is 5.98. The molecular formula is C22H19Cl2NO3. The van der Waals surface area contributed by atoms with Crippen LogP contribution in [-0.4, -0.2) is 5.97 Å². The maximum absolute atomic E-state index is 12.6. The van der Waals surface area contributed by atoms with Gasteiger partial charge in [0.25, 0.3) is 0 Å². The molecule has 0 radical (unpaired) electrons. The maximum atomic E-state index is 12.6. The highest BCUT2D eigenvalue weighted by Crippen LogP contribution is 2.60. The number of benzene rings is 2. The fourth-order valence-corrected chi connectivity index (χ4v) is 3.57. The maximum Gasteiger partial charge on any atom is 0.311 e. The lowest BCUT2D eigenvalue weighted by atomic mass is 10.1. The summed E-state index contributed by atoms with van der Waals surface area (Å²) in [6.45, 7) is 3.87. The summed E-state index contributed by atoms with van der Waals surface area (Å²) in [4.78, 5) is 12.6. The summed E-state index contributed by atoms with van der Waals surface area (Å²) >= 11 is 11.5. The molecule has 1 fully saturated rings. The number of carbonyl (C=O) groups is 1. The molecule has 2 aromatic carbocycles. The van der Waals surface area contributed by atoms with E-state index in [-0.39, 0.29) is 21.7 Å². The second kappa shape index (κ2) is 8.26. The van der Waals surface area contributed by atoms with Gasteiger partial charge in [0.1, 0.15) is 22.1 Å². The van der Waals surface area contributed by atoms with Crippen LogP contribution in [0.5, 0.6) is 11.5 Å². The summed E-state index contributed by atoms with van der Waals surface area (Å²) in [5.41, 5.74) is 0.231. The fraction of sp³-hybridized carbons (Fsp3) is 0.273. The number of hydrogen-bond donors (Lipinski definition) is 0. The summed E-state index contributed by atoms with van der Waals surface area (Å²) in [6, 6.07) is 18.3. The summed E-state index contributed by atoms with van der Waals surface area (Å²) in [5, 5.41) is 9.53. The molecule has 0 N–H and O–H groups in total. The van der Waals surface area contributed by atoms with E-state index in [4.69, 9.17) is 32.7 Å². The van der Waals surface area contributed by atoms with E-state index in [0.29, 0.717) is 17.1 Å². The lowest BCUT2D eigenvalue weighted by Crippen LogP contribution is -2.14. The highest BCUT2D eigenvalue weighted by molar-refractivity contribution is 6.55. The van der Waals surface area contributed by atoms with Crippen molar-refractivity contribution in [2.24, 2.45) is 17.3 Å². The Morgan fingerprint density at radius 2 is 1.82 bits per heavy atom. The molecule has 1 aliphatic carbocycles. The normalized spacial score (nSPS) is 20.4. The minimum atomic E-state index is -1.03. The number of allylic oxidation sites excluding steroid dienone is 1. The second-order valence-electron chi connectivity index (χ2n) is 7.21. The molecule has 0 heterocycles. The van der Waals surface area contributed by atoms with Crippen LogP contribution in [0.25, 0.3) is 0 Å². The van der Waals surface area contributed by atoms with Crippen molar-refractivity contribution in [3.63, 3.8) is 0 Å². The van der Waals surface area contributed by atoms with Crippen molar-refractivity contribution in [1.82, 2.24) is 0 Å². The first-order valence-corrected chi connectivity index (χ1v) is 9.54. The van der Waals surface area contributed by atoms with Crippen molar-refractivity contribution in [1.29, 1.82) is 5.26 Å². The Bertz CT molecular complexity index is 930. The van der Waals surface area contributed by atoms with Crippen molar-refractivity contribution < 1.29 is 14.3 Å². The zero-order valence-corrected chi connectivity index (χ0v) is 16.9. The van der Waals surface area contributed by atoms with Crippen LogP contribution in [0.15, 0.2) is 65.2 Å². The third kappa shape index (κ3) is 4.49. The number of nitrogens with zero attached hydrogens (tertiary/aromatic N) is 1. The average Bonchev–Trinajstić information content (AvgIpc) is 3.20. The van der Waals surface area contributed by atoms with Crippen LogP contribution in [0, 0.1) is 28.6 Å². The summed E-state index contributed by atoms with van der Waals surface area (Å²) in [6.07, 6.45) is 0.615. The molecule has 1 aliphatic rings. The lowest BCUT2D eigenvalue weighted by Gasteiger charge is -2.13. The van der Waals surface area contributed by atoms with E-state index in [1.165, 1.54) is 0 Å². The lowest BCUT2D eigenvalue weighted by molar-refractivity contribution is -0.149. The third-order valence-electron chi connectivity index (χ3n) is 4.96. The van der Waals surface area contributed by atoms with E-state index >= 15 is 0 Å². The van der Waals surface area contributed by atoms with Crippen LogP contribution in [0.2, 0.25) is 0 Å². The molecular weight excluding hydrogens is 397 g/mol. The van der Waals surface area contributed by atoms with Gasteiger partial charge < -0.3 is 9.47 Å². The van der Waals surface area contributed by atoms with Gasteiger partial charge in [0.15, 0.2) is 0 Å². The molecule has 0 bridgehead atoms. The minimum Gasteiger partial charge on any atom is -0.457 e. The zero-order chi connectivity index (χ0) is 20.3. The summed E-state index contributed by atoms with van der Waals surface area (Å²) < 4.78 is 11.4. The van der Waals surface area contributed by atoms with E-state index in [1.54, 1.807) is 30.3 Å². The van der Waals surface area contributed by atoms with Crippen molar-refractivity contribution in [3.8, 4) is 17.6 Å². The van der Waals surface area contributed by atoms with Crippen molar-refractivity contribution >= 4 is 29.2 Å². The van der Waals surface area contributed by atoms with Gasteiger partial charge in [-0.3, -0.25) is 4.79 Å². The van der Waals surface area contributed by atoms with Gasteiger partial charge in [-0.15, -0.1) is 0 Å². The van der Waals surface area contributed by atoms with Crippen LogP contribution < -0.4 is 4.74 Å². The fourth-order valence-electron chi connectivity index (χ4n) is 3.30. The van der Waals surface area contributed by atoms with Gasteiger partial charge in [0, 0.05) is 5.56 Å². The zero-order valence-electron chi connectivity index (χ0n) is 15.4. The van der Waals surface area contributed by atoms with Crippen molar-refractivity contribution in [2.75, 3.05) is 0 Å². The molecule has 3 atom stereocenters. The topological polar surface area (TPSA) is 59.3 Å². The molecule has 0 aromatic heterocycles. The highest BCUT2D eigenvalue weighted by Gasteiger charge is 2.62. The molecule has 3 rings (SSSR count). The third-order valence-corrected chi connectivity index (χ3v) is 5.21. The molecule has 0 aliphatic heterocycles. The van der Waals surface area contributed by atoms with Crippen LogP contribution in [0.4, 0.5) is 0 Å². The number of para-hydroxylation sites is 1. The Morgan fingerprint density at radius 3 is 2.46 bits per heavy atom. The summed E-state index contributed by atoms with van der Waals surface area (Å²) in [5.74, 6) is 0.289. The van der Waals surface area contributed by atoms with Crippen LogP contribution in [0.3, 0.4) is 0 Å². The molecule has 28 heavy (non-hydrogen) atoms. The molecule has 1 unspecified atom stereocenters. The first kappa shape index (κ1) is 20.3. The number of esters is 1. The number of ether oxygens (including phenoxy) is 2. The van der Waals surface area contributed by atoms with E-state index in [1.807, 2.05) is 50.2 Å². The molecule has 0 spiro atoms. The number of carbonyl (C=O) groups excluding carboxylic acids is 1. The molecule has 4 nitrogen and oxygen atoms in total. The monoisotopic (exact) mass is 415 g/mol. The van der Waals surface area contributed by atoms with Crippen molar-refractivity contribution in [3.05, 3.63) is 70.7 Å². The number of nitriles is 1. The Hall–Kier alpha value is -2.48. The van der Waals surface area contributed by atoms with E-state index in [0.717, 1.165) is 0 Å². The average molecular weight is 416 g/mol. The van der Waals surface area contributed by atoms with Gasteiger partial charge in [-0.2, -0.15) is 5.26 Å². The van der Waals surface area contributed by atoms with Gasteiger partial charge in [0.05, 0.1) is 5.92 Å². The first-order chi connectivity index (χ1) is 13.3. The Morgan fingerprint density at radius 1 is 1.14 bits per heavy atom. The molecule has 6 heteroatoms. The first-order valence-electron chi connectivity index (χ1n) is 8.78. The van der Waals surface area contributed by atoms with Gasteiger partial charge >= 0.3 is 5.97 Å². The molecule has 144 valence electrons. The molecule has 0 saturated heterocycles. The number of rotatable bonds is 6. The number of hydrogen-bond acceptors (Lipinski definition) is 4. The highest BCUT2D eigenvalue weighted by atomic mass is 35.5. The van der Waals surface area contributed by atoms with E-state index in [2.05, 4.69) is 0 Å². The van der Waals surface area contributed by atoms with Gasteiger partial charge in [0.2, 0.25) is 6.10 Å². The second-order valence-corrected chi connectivity index (χ2v) is 8.22. The SMILES string of the molecule is CC1(C)[C@H](C(=O)OC(C#N)c2cccc(Oc3ccccc3)c2)[C@@H]1C=C(Cl)Cl. The standard InChI is InChI=1S/C22H19Cl2NO3/c1-22(2)17(12-19(23)24)20(22)21(26)28-18(13-25)14-7-6-10-16(11-14)27-15-8-4-3-5-9-15/h3-12,17-18,20H,1-2H3/t17-,18?,20-/m0/s1. The van der Waals surface area contributed by atoms with Gasteiger partial charge in [-0.25, -0.2) is 0 Å². The smallest absolute Gasteiger partial charge is 0.311 e. The quantitative estimate of drug-likeness (QED) is 0.528. The van der Waals surface area contributed by atoms with E-state index in [9.17, 15) is 10.1 Å². The molecule has 1 saturated carbocycles. The van der Waals surface area contributed by atoms with Crippen LogP contribution in [0.1, 0.15) is 25.5 Å². The largest absolute Gasteiger partial charge is 0.457 e. The predicted molar refractivity (Wildman–Crippen MR) is 108 cm³/mol. The van der Waals surface area contributed by atoms with Gasteiger partial charge in [-0.1, -0.05) is 67.4 Å².